The van der Waals surface area contributed by atoms with E-state index in [9.17, 15) is 8.96 Å². The van der Waals surface area contributed by atoms with Crippen LogP contribution in [-0.4, -0.2) is 100 Å². The molecule has 0 amide bonds. The number of rotatable bonds is 8. The minimum atomic E-state index is -4.88. The van der Waals surface area contributed by atoms with Crippen LogP contribution < -0.4 is 19.1 Å². The average molecular weight is 728 g/mol. The summed E-state index contributed by atoms with van der Waals surface area (Å²) in [5.41, 5.74) is -1.18. The van der Waals surface area contributed by atoms with Gasteiger partial charge >= 0.3 is 13.8 Å². The summed E-state index contributed by atoms with van der Waals surface area (Å²) >= 11 is 0. The lowest BCUT2D eigenvalue weighted by molar-refractivity contribution is 0.0830. The van der Waals surface area contributed by atoms with E-state index in [-0.39, 0.29) is 70.0 Å². The number of aromatic nitrogens is 3. The summed E-state index contributed by atoms with van der Waals surface area (Å²) in [5.74, 6) is 1.03. The average Bonchev–Trinajstić information content (AvgIpc) is 3.44. The van der Waals surface area contributed by atoms with Gasteiger partial charge in [0, 0.05) is 37.1 Å². The number of phosphoric acid groups is 1. The molecule has 3 atom stereocenters. The lowest BCUT2D eigenvalue weighted by Gasteiger charge is -2.31. The van der Waals surface area contributed by atoms with E-state index in [0.717, 1.165) is 25.5 Å². The van der Waals surface area contributed by atoms with Crippen molar-refractivity contribution < 1.29 is 51.0 Å². The van der Waals surface area contributed by atoms with Crippen molar-refractivity contribution in [2.45, 2.75) is 43.4 Å². The van der Waals surface area contributed by atoms with Crippen molar-refractivity contribution in [3.05, 3.63) is 41.5 Å². The third-order valence-electron chi connectivity index (χ3n) is 9.95. The van der Waals surface area contributed by atoms with Crippen molar-refractivity contribution in [3.8, 4) is 41.2 Å². The molecule has 0 bridgehead atoms. The molecule has 2 aromatic carbocycles. The Morgan fingerprint density at radius 1 is 1.10 bits per heavy atom. The minimum absolute atomic E-state index is 0.00413. The molecule has 3 saturated heterocycles. The van der Waals surface area contributed by atoms with E-state index >= 15 is 8.78 Å². The SMILES string of the molecule is C#Cc1c(F)ccc2cc(OCOP(=O)(O)O)cc(-c3nc4c5c(nc(OC[C@@]67CCCN6C[C@H](F)C7)nc5c3F)N3CCCOC[C@H]3CO4)c12. The molecule has 4 aliphatic rings. The van der Waals surface area contributed by atoms with Crippen LogP contribution in [-0.2, 0) is 13.8 Å². The Morgan fingerprint density at radius 2 is 1.96 bits per heavy atom. The fourth-order valence-corrected chi connectivity index (χ4v) is 7.90. The number of phosphoric ester groups is 1. The normalized spacial score (nSPS) is 23.3. The molecule has 0 saturated carbocycles. The summed E-state index contributed by atoms with van der Waals surface area (Å²) in [6.07, 6.45) is 7.41. The summed E-state index contributed by atoms with van der Waals surface area (Å²) < 4.78 is 86.4. The van der Waals surface area contributed by atoms with Crippen LogP contribution in [0.3, 0.4) is 0 Å². The van der Waals surface area contributed by atoms with Crippen LogP contribution in [0.1, 0.15) is 31.2 Å². The lowest BCUT2D eigenvalue weighted by Crippen LogP contribution is -2.43. The summed E-state index contributed by atoms with van der Waals surface area (Å²) in [7, 11) is -4.88. The predicted molar refractivity (Wildman–Crippen MR) is 177 cm³/mol. The molecular weight excluding hydrogens is 694 g/mol. The van der Waals surface area contributed by atoms with Crippen LogP contribution in [0.4, 0.5) is 19.0 Å². The van der Waals surface area contributed by atoms with Crippen LogP contribution in [0.5, 0.6) is 17.6 Å². The second-order valence-corrected chi connectivity index (χ2v) is 14.3. The Balaban J connectivity index is 1.31. The van der Waals surface area contributed by atoms with Crippen LogP contribution in [0.15, 0.2) is 24.3 Å². The van der Waals surface area contributed by atoms with E-state index in [0.29, 0.717) is 50.3 Å². The van der Waals surface area contributed by atoms with Gasteiger partial charge in [0.2, 0.25) is 5.88 Å². The Kier molecular flexibility index (Phi) is 8.69. The topological polar surface area (TPSA) is 149 Å². The zero-order valence-corrected chi connectivity index (χ0v) is 28.1. The first-order valence-corrected chi connectivity index (χ1v) is 18.0. The second kappa shape index (κ2) is 13.1. The fourth-order valence-electron chi connectivity index (χ4n) is 7.71. The number of anilines is 1. The van der Waals surface area contributed by atoms with E-state index in [2.05, 4.69) is 25.3 Å². The Morgan fingerprint density at radius 3 is 2.78 bits per heavy atom. The highest BCUT2D eigenvalue weighted by Gasteiger charge is 2.49. The maximum atomic E-state index is 17.2. The number of pyridine rings is 1. The van der Waals surface area contributed by atoms with Gasteiger partial charge in [-0.15, -0.1) is 6.42 Å². The Bertz CT molecular complexity index is 2130. The highest BCUT2D eigenvalue weighted by molar-refractivity contribution is 7.46. The van der Waals surface area contributed by atoms with Crippen molar-refractivity contribution in [3.63, 3.8) is 0 Å². The van der Waals surface area contributed by atoms with Crippen molar-refractivity contribution in [2.75, 3.05) is 57.8 Å². The molecule has 2 N–H and O–H groups in total. The number of fused-ring (bicyclic) bond motifs is 4. The molecule has 8 rings (SSSR count). The first-order valence-electron chi connectivity index (χ1n) is 16.5. The van der Waals surface area contributed by atoms with Gasteiger partial charge in [0.15, 0.2) is 12.6 Å². The van der Waals surface area contributed by atoms with E-state index in [1.165, 1.54) is 18.2 Å². The fraction of sp³-hybridized carbons (Fsp3) is 0.441. The van der Waals surface area contributed by atoms with Gasteiger partial charge in [-0.3, -0.25) is 4.90 Å². The predicted octanol–water partition coefficient (Wildman–Crippen LogP) is 4.49. The third-order valence-corrected chi connectivity index (χ3v) is 10.4. The molecule has 3 fully saturated rings. The largest absolute Gasteiger partial charge is 0.475 e. The molecule has 0 unspecified atom stereocenters. The van der Waals surface area contributed by atoms with Gasteiger partial charge in [0.25, 0.3) is 0 Å². The van der Waals surface area contributed by atoms with Crippen molar-refractivity contribution in [1.29, 1.82) is 0 Å². The summed E-state index contributed by atoms with van der Waals surface area (Å²) in [4.78, 5) is 36.3. The number of halogens is 3. The molecule has 4 aliphatic heterocycles. The zero-order valence-electron chi connectivity index (χ0n) is 27.2. The van der Waals surface area contributed by atoms with E-state index in [1.54, 1.807) is 0 Å². The number of hydrogen-bond acceptors (Lipinski definition) is 11. The maximum Gasteiger partial charge on any atom is 0.472 e. The van der Waals surface area contributed by atoms with Crippen molar-refractivity contribution >= 4 is 35.3 Å². The van der Waals surface area contributed by atoms with Crippen molar-refractivity contribution in [2.24, 2.45) is 0 Å². The molecule has 0 aliphatic carbocycles. The molecule has 17 heteroatoms. The van der Waals surface area contributed by atoms with E-state index in [4.69, 9.17) is 40.1 Å². The van der Waals surface area contributed by atoms with Gasteiger partial charge in [-0.05, 0) is 49.4 Å². The Hall–Kier alpha value is -4.23. The summed E-state index contributed by atoms with van der Waals surface area (Å²) in [5, 5.41) is 0.651. The van der Waals surface area contributed by atoms with E-state index < -0.39 is 38.0 Å². The van der Waals surface area contributed by atoms with Crippen LogP contribution in [0.2, 0.25) is 0 Å². The first-order chi connectivity index (χ1) is 24.5. The number of terminal acetylenes is 1. The number of alkyl halides is 1. The molecule has 13 nitrogen and oxygen atoms in total. The highest BCUT2D eigenvalue weighted by atomic mass is 31.2. The lowest BCUT2D eigenvalue weighted by atomic mass is 9.95. The standard InChI is InChI=1S/C34H33F3N5O8P/c1-2-23-25(36)6-5-19-11-22(49-18-50-51(43,44)45)12-24(26(19)23)29-28(37)30-27-31(42-9-4-10-46-15-21(42)16-47-32(27)38-29)40-33(39-30)48-17-34-7-3-8-41(34)14-20(35)13-34/h1,5-6,11-12,20-21H,3-4,7-10,13-18H2,(H2,43,44,45)/t20-,21+,34+/m1/s1. The van der Waals surface area contributed by atoms with Crippen LogP contribution in [0, 0.1) is 24.0 Å². The quantitative estimate of drug-likeness (QED) is 0.149. The highest BCUT2D eigenvalue weighted by Crippen LogP contribution is 2.45. The molecule has 2 aromatic heterocycles. The van der Waals surface area contributed by atoms with E-state index in [1.807, 2.05) is 4.90 Å². The zero-order chi connectivity index (χ0) is 35.5. The van der Waals surface area contributed by atoms with Gasteiger partial charge < -0.3 is 33.6 Å². The van der Waals surface area contributed by atoms with Gasteiger partial charge in [0.1, 0.15) is 53.4 Å². The third kappa shape index (κ3) is 6.22. The monoisotopic (exact) mass is 727 g/mol. The molecule has 51 heavy (non-hydrogen) atoms. The summed E-state index contributed by atoms with van der Waals surface area (Å²) in [6.45, 7) is 1.82. The number of nitrogens with zero attached hydrogens (tertiary/aromatic N) is 5. The maximum absolute atomic E-state index is 17.2. The molecule has 268 valence electrons. The van der Waals surface area contributed by atoms with Gasteiger partial charge in [-0.1, -0.05) is 12.0 Å². The minimum Gasteiger partial charge on any atom is -0.475 e. The van der Waals surface area contributed by atoms with Crippen molar-refractivity contribution in [1.82, 2.24) is 19.9 Å². The molecule has 6 heterocycles. The van der Waals surface area contributed by atoms with Gasteiger partial charge in [-0.25, -0.2) is 27.2 Å². The van der Waals surface area contributed by atoms with Gasteiger partial charge in [-0.2, -0.15) is 9.97 Å². The first kappa shape index (κ1) is 33.9. The summed E-state index contributed by atoms with van der Waals surface area (Å²) in [6, 6.07) is 4.88. The smallest absolute Gasteiger partial charge is 0.472 e. The number of hydrogen-bond donors (Lipinski definition) is 2. The van der Waals surface area contributed by atoms with Crippen LogP contribution in [0.25, 0.3) is 32.9 Å². The molecule has 0 radical (unpaired) electrons. The molecule has 0 spiro atoms. The van der Waals surface area contributed by atoms with Crippen LogP contribution >= 0.6 is 7.82 Å². The number of benzene rings is 2. The Labute approximate surface area is 289 Å². The molecule has 4 aromatic rings. The molecular formula is C34H33F3N5O8P. The van der Waals surface area contributed by atoms with Gasteiger partial charge in [0.05, 0.1) is 23.8 Å². The number of ether oxygens (including phenoxy) is 4. The second-order valence-electron chi connectivity index (χ2n) is 13.1.